The molecule has 0 aliphatic rings. The number of nitrogens with zero attached hydrogens (tertiary/aromatic N) is 1. The summed E-state index contributed by atoms with van der Waals surface area (Å²) in [6.45, 7) is 0.572. The predicted octanol–water partition coefficient (Wildman–Crippen LogP) is 2.81. The fourth-order valence-electron chi connectivity index (χ4n) is 2.72. The van der Waals surface area contributed by atoms with Gasteiger partial charge in [0.15, 0.2) is 5.13 Å². The van der Waals surface area contributed by atoms with Crippen molar-refractivity contribution in [2.24, 2.45) is 0 Å². The highest BCUT2D eigenvalue weighted by molar-refractivity contribution is 7.13. The van der Waals surface area contributed by atoms with Crippen LogP contribution >= 0.6 is 11.3 Å². The lowest BCUT2D eigenvalue weighted by Crippen LogP contribution is -2.27. The molecule has 4 N–H and O–H groups in total. The summed E-state index contributed by atoms with van der Waals surface area (Å²) in [7, 11) is 0. The van der Waals surface area contributed by atoms with Crippen LogP contribution in [0.4, 0.5) is 10.8 Å². The maximum atomic E-state index is 12.0. The van der Waals surface area contributed by atoms with E-state index in [1.807, 2.05) is 54.6 Å². The number of aromatic nitrogens is 1. The first-order valence-electron chi connectivity index (χ1n) is 8.98. The zero-order valence-electron chi connectivity index (χ0n) is 15.4. The van der Waals surface area contributed by atoms with Crippen LogP contribution in [0.15, 0.2) is 60.0 Å². The Morgan fingerprint density at radius 3 is 2.36 bits per heavy atom. The number of nitrogen functional groups attached to an aromatic ring is 1. The van der Waals surface area contributed by atoms with Crippen molar-refractivity contribution in [1.29, 1.82) is 0 Å². The number of hydrogen-bond acceptors (Lipinski definition) is 5. The van der Waals surface area contributed by atoms with E-state index in [2.05, 4.69) is 15.6 Å². The standard InChI is InChI=1S/C21H22N4O2S/c22-21-25-18(14-28-21)13-20(27)24-17-8-6-15(7-9-17)10-11-23-19(26)12-16-4-2-1-3-5-16/h1-9,14H,10-13H2,(H2,22,25)(H,23,26)(H,24,27). The number of hydrogen-bond donors (Lipinski definition) is 3. The minimum Gasteiger partial charge on any atom is -0.375 e. The monoisotopic (exact) mass is 394 g/mol. The molecule has 7 heteroatoms. The van der Waals surface area contributed by atoms with E-state index in [0.29, 0.717) is 23.8 Å². The maximum Gasteiger partial charge on any atom is 0.230 e. The fourth-order valence-corrected chi connectivity index (χ4v) is 3.28. The van der Waals surface area contributed by atoms with Gasteiger partial charge in [0.25, 0.3) is 0 Å². The molecule has 3 rings (SSSR count). The van der Waals surface area contributed by atoms with Gasteiger partial charge in [0.05, 0.1) is 18.5 Å². The van der Waals surface area contributed by atoms with E-state index in [0.717, 1.165) is 23.2 Å². The van der Waals surface area contributed by atoms with Gasteiger partial charge >= 0.3 is 0 Å². The quantitative estimate of drug-likeness (QED) is 0.547. The second-order valence-electron chi connectivity index (χ2n) is 6.36. The molecule has 0 fully saturated rings. The topological polar surface area (TPSA) is 97.1 Å². The molecule has 28 heavy (non-hydrogen) atoms. The average Bonchev–Trinajstić information content (AvgIpc) is 3.08. The zero-order valence-corrected chi connectivity index (χ0v) is 16.2. The SMILES string of the molecule is Nc1nc(CC(=O)Nc2ccc(CCNC(=O)Cc3ccccc3)cc2)cs1. The molecule has 1 heterocycles. The van der Waals surface area contributed by atoms with Crippen LogP contribution < -0.4 is 16.4 Å². The number of thiazole rings is 1. The first-order valence-corrected chi connectivity index (χ1v) is 9.86. The van der Waals surface area contributed by atoms with Crippen molar-refractivity contribution in [1.82, 2.24) is 10.3 Å². The Morgan fingerprint density at radius 1 is 0.929 bits per heavy atom. The van der Waals surface area contributed by atoms with E-state index in [1.165, 1.54) is 11.3 Å². The zero-order chi connectivity index (χ0) is 19.8. The van der Waals surface area contributed by atoms with Crippen LogP contribution in [0, 0.1) is 0 Å². The van der Waals surface area contributed by atoms with Gasteiger partial charge in [-0.1, -0.05) is 42.5 Å². The first kappa shape index (κ1) is 19.6. The summed E-state index contributed by atoms with van der Waals surface area (Å²) in [6, 6.07) is 17.3. The van der Waals surface area contributed by atoms with Gasteiger partial charge in [-0.2, -0.15) is 0 Å². The van der Waals surface area contributed by atoms with E-state index in [1.54, 1.807) is 5.38 Å². The third-order valence-electron chi connectivity index (χ3n) is 4.09. The highest BCUT2D eigenvalue weighted by Gasteiger charge is 2.07. The molecule has 0 aliphatic carbocycles. The van der Waals surface area contributed by atoms with Crippen LogP contribution in [-0.2, 0) is 28.9 Å². The number of anilines is 2. The molecule has 0 aliphatic heterocycles. The molecule has 0 saturated carbocycles. The highest BCUT2D eigenvalue weighted by atomic mass is 32.1. The lowest BCUT2D eigenvalue weighted by Gasteiger charge is -2.08. The van der Waals surface area contributed by atoms with Crippen molar-refractivity contribution < 1.29 is 9.59 Å². The Hall–Kier alpha value is -3.19. The van der Waals surface area contributed by atoms with Crippen molar-refractivity contribution >= 4 is 34.0 Å². The summed E-state index contributed by atoms with van der Waals surface area (Å²) in [5.74, 6) is -0.121. The molecular formula is C21H22N4O2S. The molecule has 6 nitrogen and oxygen atoms in total. The number of benzene rings is 2. The second kappa shape index (κ2) is 9.66. The van der Waals surface area contributed by atoms with E-state index < -0.39 is 0 Å². The van der Waals surface area contributed by atoms with E-state index >= 15 is 0 Å². The molecule has 0 saturated heterocycles. The van der Waals surface area contributed by atoms with Gasteiger partial charge in [-0.3, -0.25) is 9.59 Å². The van der Waals surface area contributed by atoms with E-state index in [4.69, 9.17) is 5.73 Å². The minimum atomic E-state index is -0.133. The number of nitrogens with two attached hydrogens (primary N) is 1. The van der Waals surface area contributed by atoms with Gasteiger partial charge in [-0.25, -0.2) is 4.98 Å². The summed E-state index contributed by atoms with van der Waals surface area (Å²) >= 11 is 1.32. The molecule has 144 valence electrons. The van der Waals surface area contributed by atoms with Crippen LogP contribution in [0.1, 0.15) is 16.8 Å². The summed E-state index contributed by atoms with van der Waals surface area (Å²) in [4.78, 5) is 28.1. The second-order valence-corrected chi connectivity index (χ2v) is 7.25. The van der Waals surface area contributed by atoms with Crippen LogP contribution in [0.5, 0.6) is 0 Å². The number of nitrogens with one attached hydrogen (secondary N) is 2. The van der Waals surface area contributed by atoms with Crippen LogP contribution in [0.3, 0.4) is 0 Å². The Bertz CT molecular complexity index is 923. The number of amides is 2. The Kier molecular flexibility index (Phi) is 6.75. The van der Waals surface area contributed by atoms with E-state index in [-0.39, 0.29) is 18.2 Å². The van der Waals surface area contributed by atoms with Crippen molar-refractivity contribution in [3.8, 4) is 0 Å². The third kappa shape index (κ3) is 6.21. The summed E-state index contributed by atoms with van der Waals surface area (Å²) in [5, 5.41) is 8.02. The van der Waals surface area contributed by atoms with Crippen molar-refractivity contribution in [3.05, 3.63) is 76.8 Å². The lowest BCUT2D eigenvalue weighted by molar-refractivity contribution is -0.120. The van der Waals surface area contributed by atoms with E-state index in [9.17, 15) is 9.59 Å². The maximum absolute atomic E-state index is 12.0. The predicted molar refractivity (Wildman–Crippen MR) is 112 cm³/mol. The Balaban J connectivity index is 1.40. The summed E-state index contributed by atoms with van der Waals surface area (Å²) in [6.07, 6.45) is 1.31. The Labute approximate surface area is 167 Å². The van der Waals surface area contributed by atoms with Gasteiger partial charge in [0, 0.05) is 17.6 Å². The molecule has 1 aromatic heterocycles. The smallest absolute Gasteiger partial charge is 0.230 e. The number of carbonyl (C=O) groups is 2. The van der Waals surface area contributed by atoms with Gasteiger partial charge in [-0.05, 0) is 29.7 Å². The van der Waals surface area contributed by atoms with Gasteiger partial charge in [0.1, 0.15) is 0 Å². The lowest BCUT2D eigenvalue weighted by atomic mass is 10.1. The molecule has 0 unspecified atom stereocenters. The molecule has 0 radical (unpaired) electrons. The molecule has 2 amide bonds. The summed E-state index contributed by atoms with van der Waals surface area (Å²) < 4.78 is 0. The normalized spacial score (nSPS) is 10.4. The van der Waals surface area contributed by atoms with Crippen molar-refractivity contribution in [3.63, 3.8) is 0 Å². The molecule has 0 spiro atoms. The number of rotatable bonds is 8. The van der Waals surface area contributed by atoms with Gasteiger partial charge in [-0.15, -0.1) is 11.3 Å². The molecular weight excluding hydrogens is 372 g/mol. The Morgan fingerprint density at radius 2 is 1.68 bits per heavy atom. The van der Waals surface area contributed by atoms with Crippen LogP contribution in [0.2, 0.25) is 0 Å². The van der Waals surface area contributed by atoms with Gasteiger partial charge in [0.2, 0.25) is 11.8 Å². The summed E-state index contributed by atoms with van der Waals surface area (Å²) in [5.41, 5.74) is 9.05. The minimum absolute atomic E-state index is 0.0118. The number of carbonyl (C=O) groups excluding carboxylic acids is 2. The molecule has 0 bridgehead atoms. The largest absolute Gasteiger partial charge is 0.375 e. The molecule has 0 atom stereocenters. The third-order valence-corrected chi connectivity index (χ3v) is 4.81. The molecule has 2 aromatic carbocycles. The van der Waals surface area contributed by atoms with Crippen molar-refractivity contribution in [2.75, 3.05) is 17.6 Å². The highest BCUT2D eigenvalue weighted by Crippen LogP contribution is 2.14. The average molecular weight is 394 g/mol. The van der Waals surface area contributed by atoms with Crippen LogP contribution in [-0.4, -0.2) is 23.3 Å². The molecule has 3 aromatic rings. The van der Waals surface area contributed by atoms with Crippen LogP contribution in [0.25, 0.3) is 0 Å². The van der Waals surface area contributed by atoms with Gasteiger partial charge < -0.3 is 16.4 Å². The van der Waals surface area contributed by atoms with Crippen molar-refractivity contribution in [2.45, 2.75) is 19.3 Å². The fraction of sp³-hybridized carbons (Fsp3) is 0.190. The first-order chi connectivity index (χ1) is 13.6.